The zero-order valence-corrected chi connectivity index (χ0v) is 11.6. The van der Waals surface area contributed by atoms with Crippen LogP contribution in [0.5, 0.6) is 0 Å². The summed E-state index contributed by atoms with van der Waals surface area (Å²) in [7, 11) is 0. The second-order valence-electron chi connectivity index (χ2n) is 4.50. The first-order valence-corrected chi connectivity index (χ1v) is 6.61. The Bertz CT molecular complexity index is 461. The Balaban J connectivity index is 1.80. The molecule has 1 amide bonds. The van der Waals surface area contributed by atoms with Crippen molar-refractivity contribution in [3.05, 3.63) is 11.9 Å². The fourth-order valence-corrected chi connectivity index (χ4v) is 2.00. The normalized spacial score (nSPS) is 15.0. The molecule has 1 aliphatic rings. The van der Waals surface area contributed by atoms with E-state index in [2.05, 4.69) is 20.7 Å². The monoisotopic (exact) mass is 280 g/mol. The number of nitrogens with zero attached hydrogens (tertiary/aromatic N) is 3. The van der Waals surface area contributed by atoms with Crippen molar-refractivity contribution < 1.29 is 9.53 Å². The van der Waals surface area contributed by atoms with E-state index in [0.717, 1.165) is 0 Å². The zero-order chi connectivity index (χ0) is 14.4. The minimum atomic E-state index is 0.128. The second kappa shape index (κ2) is 7.01. The van der Waals surface area contributed by atoms with Crippen molar-refractivity contribution in [2.45, 2.75) is 13.3 Å². The summed E-state index contributed by atoms with van der Waals surface area (Å²) in [5.41, 5.74) is 2.48. The number of ether oxygens (including phenoxy) is 1. The van der Waals surface area contributed by atoms with Crippen molar-refractivity contribution in [1.82, 2.24) is 14.9 Å². The molecule has 1 aromatic rings. The third-order valence-corrected chi connectivity index (χ3v) is 2.99. The van der Waals surface area contributed by atoms with Crippen LogP contribution in [0.25, 0.3) is 0 Å². The summed E-state index contributed by atoms with van der Waals surface area (Å²) in [5.74, 6) is 7.26. The standard InChI is InChI=1S/C12H20N6O2/c1-9-15-10(8-11(16-9)17-13)14-3-2-12(19)18-4-6-20-7-5-18/h8H,2-7,13H2,1H3,(H2,14,15,16,17). The highest BCUT2D eigenvalue weighted by Crippen LogP contribution is 2.10. The molecule has 2 heterocycles. The maximum absolute atomic E-state index is 11.9. The van der Waals surface area contributed by atoms with Gasteiger partial charge in [-0.05, 0) is 6.92 Å². The molecule has 8 nitrogen and oxygen atoms in total. The Hall–Kier alpha value is -1.93. The van der Waals surface area contributed by atoms with E-state index in [0.29, 0.717) is 56.7 Å². The number of hydrazine groups is 1. The molecule has 1 aliphatic heterocycles. The molecule has 0 spiro atoms. The van der Waals surface area contributed by atoms with E-state index < -0.39 is 0 Å². The molecule has 1 fully saturated rings. The van der Waals surface area contributed by atoms with E-state index in [1.54, 1.807) is 13.0 Å². The van der Waals surface area contributed by atoms with Gasteiger partial charge < -0.3 is 20.4 Å². The number of amides is 1. The molecule has 20 heavy (non-hydrogen) atoms. The van der Waals surface area contributed by atoms with Crippen molar-refractivity contribution >= 4 is 17.5 Å². The Morgan fingerprint density at radius 1 is 1.40 bits per heavy atom. The van der Waals surface area contributed by atoms with E-state index in [1.807, 2.05) is 4.90 Å². The maximum atomic E-state index is 11.9. The number of rotatable bonds is 5. The number of nitrogens with two attached hydrogens (primary N) is 1. The van der Waals surface area contributed by atoms with Gasteiger partial charge in [-0.3, -0.25) is 4.79 Å². The van der Waals surface area contributed by atoms with Crippen molar-refractivity contribution in [2.75, 3.05) is 43.6 Å². The Kier molecular flexibility index (Phi) is 5.08. The first kappa shape index (κ1) is 14.5. The first-order valence-electron chi connectivity index (χ1n) is 6.61. The van der Waals surface area contributed by atoms with Gasteiger partial charge in [0.25, 0.3) is 0 Å². The van der Waals surface area contributed by atoms with E-state index in [1.165, 1.54) is 0 Å². The highest BCUT2D eigenvalue weighted by Gasteiger charge is 2.16. The van der Waals surface area contributed by atoms with Crippen molar-refractivity contribution in [3.63, 3.8) is 0 Å². The lowest BCUT2D eigenvalue weighted by atomic mass is 10.3. The van der Waals surface area contributed by atoms with Crippen LogP contribution in [0.15, 0.2) is 6.07 Å². The maximum Gasteiger partial charge on any atom is 0.224 e. The van der Waals surface area contributed by atoms with E-state index >= 15 is 0 Å². The number of aromatic nitrogens is 2. The average Bonchev–Trinajstić information content (AvgIpc) is 2.47. The van der Waals surface area contributed by atoms with Crippen LogP contribution in [-0.4, -0.2) is 53.6 Å². The fourth-order valence-electron chi connectivity index (χ4n) is 2.00. The minimum absolute atomic E-state index is 0.128. The summed E-state index contributed by atoms with van der Waals surface area (Å²) in [6, 6.07) is 1.70. The third kappa shape index (κ3) is 4.04. The predicted octanol–water partition coefficient (Wildman–Crippen LogP) is -0.269. The van der Waals surface area contributed by atoms with Crippen molar-refractivity contribution in [3.8, 4) is 0 Å². The van der Waals surface area contributed by atoms with E-state index in [9.17, 15) is 4.79 Å². The molecule has 0 saturated carbocycles. The highest BCUT2D eigenvalue weighted by atomic mass is 16.5. The lowest BCUT2D eigenvalue weighted by molar-refractivity contribution is -0.134. The summed E-state index contributed by atoms with van der Waals surface area (Å²) >= 11 is 0. The predicted molar refractivity (Wildman–Crippen MR) is 75.1 cm³/mol. The van der Waals surface area contributed by atoms with Crippen LogP contribution in [0.4, 0.5) is 11.6 Å². The number of aryl methyl sites for hydroxylation is 1. The first-order chi connectivity index (χ1) is 9.69. The van der Waals surface area contributed by atoms with Crippen LogP contribution in [-0.2, 0) is 9.53 Å². The average molecular weight is 280 g/mol. The molecule has 2 rings (SSSR count). The van der Waals surface area contributed by atoms with Gasteiger partial charge in [-0.15, -0.1) is 0 Å². The number of anilines is 2. The van der Waals surface area contributed by atoms with Crippen LogP contribution in [0.2, 0.25) is 0 Å². The summed E-state index contributed by atoms with van der Waals surface area (Å²) < 4.78 is 5.22. The van der Waals surface area contributed by atoms with Gasteiger partial charge in [0.1, 0.15) is 17.5 Å². The lowest BCUT2D eigenvalue weighted by Crippen LogP contribution is -2.41. The van der Waals surface area contributed by atoms with Gasteiger partial charge in [0.05, 0.1) is 13.2 Å². The van der Waals surface area contributed by atoms with Gasteiger partial charge in [-0.1, -0.05) is 0 Å². The Morgan fingerprint density at radius 2 is 2.10 bits per heavy atom. The SMILES string of the molecule is Cc1nc(NN)cc(NCCC(=O)N2CCOCC2)n1. The fraction of sp³-hybridized carbons (Fsp3) is 0.583. The lowest BCUT2D eigenvalue weighted by Gasteiger charge is -2.26. The van der Waals surface area contributed by atoms with E-state index in [4.69, 9.17) is 10.6 Å². The number of hydrogen-bond donors (Lipinski definition) is 3. The van der Waals surface area contributed by atoms with Crippen LogP contribution in [0, 0.1) is 6.92 Å². The number of carbonyl (C=O) groups excluding carboxylic acids is 1. The zero-order valence-electron chi connectivity index (χ0n) is 11.6. The molecular formula is C12H20N6O2. The molecular weight excluding hydrogens is 260 g/mol. The highest BCUT2D eigenvalue weighted by molar-refractivity contribution is 5.76. The molecule has 0 bridgehead atoms. The van der Waals surface area contributed by atoms with Gasteiger partial charge in [-0.25, -0.2) is 15.8 Å². The van der Waals surface area contributed by atoms with Crippen molar-refractivity contribution in [2.24, 2.45) is 5.84 Å². The molecule has 1 saturated heterocycles. The molecule has 0 aliphatic carbocycles. The van der Waals surface area contributed by atoms with Gasteiger partial charge in [0, 0.05) is 32.1 Å². The number of hydrogen-bond acceptors (Lipinski definition) is 7. The summed E-state index contributed by atoms with van der Waals surface area (Å²) in [5, 5.41) is 3.10. The summed E-state index contributed by atoms with van der Waals surface area (Å²) in [4.78, 5) is 22.1. The molecule has 0 radical (unpaired) electrons. The number of carbonyl (C=O) groups is 1. The molecule has 4 N–H and O–H groups in total. The molecule has 1 aromatic heterocycles. The summed E-state index contributed by atoms with van der Waals surface area (Å²) in [6.45, 7) is 4.90. The second-order valence-corrected chi connectivity index (χ2v) is 4.50. The van der Waals surface area contributed by atoms with Gasteiger partial charge in [0.15, 0.2) is 0 Å². The largest absolute Gasteiger partial charge is 0.378 e. The molecule has 110 valence electrons. The topological polar surface area (TPSA) is 105 Å². The molecule has 0 atom stereocenters. The van der Waals surface area contributed by atoms with Crippen LogP contribution >= 0.6 is 0 Å². The van der Waals surface area contributed by atoms with Crippen molar-refractivity contribution in [1.29, 1.82) is 0 Å². The Morgan fingerprint density at radius 3 is 2.80 bits per heavy atom. The van der Waals surface area contributed by atoms with Gasteiger partial charge in [0.2, 0.25) is 5.91 Å². The number of nitrogen functional groups attached to an aromatic ring is 1. The third-order valence-electron chi connectivity index (χ3n) is 2.99. The summed E-state index contributed by atoms with van der Waals surface area (Å²) in [6.07, 6.45) is 0.425. The van der Waals surface area contributed by atoms with Crippen LogP contribution in [0.1, 0.15) is 12.2 Å². The molecule has 0 unspecified atom stereocenters. The smallest absolute Gasteiger partial charge is 0.224 e. The van der Waals surface area contributed by atoms with Crippen LogP contribution in [0.3, 0.4) is 0 Å². The van der Waals surface area contributed by atoms with E-state index in [-0.39, 0.29) is 5.91 Å². The minimum Gasteiger partial charge on any atom is -0.378 e. The number of nitrogens with one attached hydrogen (secondary N) is 2. The Labute approximate surface area is 117 Å². The van der Waals surface area contributed by atoms with Gasteiger partial charge >= 0.3 is 0 Å². The number of morpholine rings is 1. The van der Waals surface area contributed by atoms with Crippen LogP contribution < -0.4 is 16.6 Å². The molecule has 0 aromatic carbocycles. The molecule has 8 heteroatoms. The quantitative estimate of drug-likeness (QED) is 0.503. The van der Waals surface area contributed by atoms with Gasteiger partial charge in [-0.2, -0.15) is 0 Å².